The van der Waals surface area contributed by atoms with Gasteiger partial charge in [-0.05, 0) is 31.5 Å². The minimum Gasteiger partial charge on any atom is -0.497 e. The van der Waals surface area contributed by atoms with E-state index in [4.69, 9.17) is 4.74 Å². The Kier molecular flexibility index (Phi) is 9.05. The van der Waals surface area contributed by atoms with Crippen molar-refractivity contribution in [3.8, 4) is 5.75 Å². The summed E-state index contributed by atoms with van der Waals surface area (Å²) in [5.74, 6) is 1.65. The Labute approximate surface area is 165 Å². The van der Waals surface area contributed by atoms with Crippen molar-refractivity contribution in [2.75, 3.05) is 20.7 Å². The highest BCUT2D eigenvalue weighted by atomic mass is 127. The van der Waals surface area contributed by atoms with Crippen molar-refractivity contribution in [1.82, 2.24) is 15.6 Å². The first-order valence-electron chi connectivity index (χ1n) is 7.62. The number of aliphatic imine (C=N–C) groups is 1. The standard InChI is InChI=1S/C17H24N4OS.HI/c1-12-13(2)23-16(21-12)8-9-19-17(18-3)20-11-14-6-5-7-15(10-14)22-4;/h5-7,10H,8-9,11H2,1-4H3,(H2,18,19,20);1H. The summed E-state index contributed by atoms with van der Waals surface area (Å²) in [7, 11) is 3.45. The smallest absolute Gasteiger partial charge is 0.191 e. The van der Waals surface area contributed by atoms with E-state index in [2.05, 4.69) is 40.5 Å². The first-order chi connectivity index (χ1) is 11.1. The number of benzene rings is 1. The molecule has 0 atom stereocenters. The summed E-state index contributed by atoms with van der Waals surface area (Å²) in [6, 6.07) is 8.00. The first kappa shape index (κ1) is 20.7. The van der Waals surface area contributed by atoms with Gasteiger partial charge in [0.15, 0.2) is 5.96 Å². The molecule has 2 rings (SSSR count). The van der Waals surface area contributed by atoms with Gasteiger partial charge in [0.1, 0.15) is 5.75 Å². The monoisotopic (exact) mass is 460 g/mol. The predicted molar refractivity (Wildman–Crippen MR) is 112 cm³/mol. The van der Waals surface area contributed by atoms with Gasteiger partial charge in [0.25, 0.3) is 0 Å². The predicted octanol–water partition coefficient (Wildman–Crippen LogP) is 3.29. The molecule has 24 heavy (non-hydrogen) atoms. The zero-order valence-electron chi connectivity index (χ0n) is 14.5. The van der Waals surface area contributed by atoms with E-state index in [0.717, 1.165) is 40.9 Å². The van der Waals surface area contributed by atoms with Crippen LogP contribution in [0.25, 0.3) is 0 Å². The van der Waals surface area contributed by atoms with Gasteiger partial charge < -0.3 is 15.4 Å². The number of guanidine groups is 1. The third kappa shape index (κ3) is 6.27. The number of rotatable bonds is 6. The molecule has 2 N–H and O–H groups in total. The average Bonchev–Trinajstić information content (AvgIpc) is 2.89. The third-order valence-corrected chi connectivity index (χ3v) is 4.65. The molecular formula is C17H25IN4OS. The van der Waals surface area contributed by atoms with Crippen molar-refractivity contribution < 1.29 is 4.74 Å². The Hall–Kier alpha value is -1.35. The van der Waals surface area contributed by atoms with Crippen LogP contribution in [0.15, 0.2) is 29.3 Å². The van der Waals surface area contributed by atoms with Gasteiger partial charge in [-0.3, -0.25) is 4.99 Å². The second-order valence-electron chi connectivity index (χ2n) is 5.20. The molecule has 0 saturated heterocycles. The van der Waals surface area contributed by atoms with Crippen LogP contribution in [0.1, 0.15) is 21.1 Å². The number of hydrogen-bond acceptors (Lipinski definition) is 4. The summed E-state index contributed by atoms with van der Waals surface area (Å²) in [5, 5.41) is 7.79. The molecule has 2 aromatic rings. The number of nitrogens with zero attached hydrogens (tertiary/aromatic N) is 2. The molecule has 5 nitrogen and oxygen atoms in total. The van der Waals surface area contributed by atoms with Crippen molar-refractivity contribution in [2.24, 2.45) is 4.99 Å². The summed E-state index contributed by atoms with van der Waals surface area (Å²) in [4.78, 5) is 10.1. The summed E-state index contributed by atoms with van der Waals surface area (Å²) in [6.07, 6.45) is 0.902. The van der Waals surface area contributed by atoms with E-state index in [1.807, 2.05) is 18.2 Å². The molecule has 0 bridgehead atoms. The Balaban J connectivity index is 0.00000288. The highest BCUT2D eigenvalue weighted by molar-refractivity contribution is 14.0. The molecule has 0 aliphatic heterocycles. The van der Waals surface area contributed by atoms with Gasteiger partial charge in [0, 0.05) is 31.4 Å². The Morgan fingerprint density at radius 1 is 1.29 bits per heavy atom. The molecule has 1 heterocycles. The van der Waals surface area contributed by atoms with E-state index in [1.54, 1.807) is 25.5 Å². The second kappa shape index (κ2) is 10.5. The van der Waals surface area contributed by atoms with E-state index < -0.39 is 0 Å². The molecule has 0 aliphatic carbocycles. The lowest BCUT2D eigenvalue weighted by Gasteiger charge is -2.12. The van der Waals surface area contributed by atoms with Crippen LogP contribution in [0.5, 0.6) is 5.75 Å². The quantitative estimate of drug-likeness (QED) is 0.395. The number of methoxy groups -OCH3 is 1. The fourth-order valence-corrected chi connectivity index (χ4v) is 3.06. The van der Waals surface area contributed by atoms with E-state index in [9.17, 15) is 0 Å². The SMILES string of the molecule is CN=C(NCCc1nc(C)c(C)s1)NCc1cccc(OC)c1.I. The zero-order valence-corrected chi connectivity index (χ0v) is 17.7. The highest BCUT2D eigenvalue weighted by Crippen LogP contribution is 2.16. The van der Waals surface area contributed by atoms with E-state index in [0.29, 0.717) is 6.54 Å². The van der Waals surface area contributed by atoms with Crippen LogP contribution in [0.4, 0.5) is 0 Å². The fraction of sp³-hybridized carbons (Fsp3) is 0.412. The normalized spacial score (nSPS) is 10.9. The van der Waals surface area contributed by atoms with Crippen LogP contribution < -0.4 is 15.4 Å². The molecule has 132 valence electrons. The van der Waals surface area contributed by atoms with E-state index in [1.165, 1.54) is 4.88 Å². The van der Waals surface area contributed by atoms with E-state index in [-0.39, 0.29) is 24.0 Å². The minimum absolute atomic E-state index is 0. The number of aryl methyl sites for hydroxylation is 2. The zero-order chi connectivity index (χ0) is 16.7. The molecule has 0 unspecified atom stereocenters. The molecule has 1 aromatic carbocycles. The first-order valence-corrected chi connectivity index (χ1v) is 8.44. The topological polar surface area (TPSA) is 58.5 Å². The summed E-state index contributed by atoms with van der Waals surface area (Å²) in [5.41, 5.74) is 2.28. The number of hydrogen-bond donors (Lipinski definition) is 2. The Morgan fingerprint density at radius 3 is 2.71 bits per heavy atom. The number of halogens is 1. The van der Waals surface area contributed by atoms with Crippen molar-refractivity contribution in [2.45, 2.75) is 26.8 Å². The molecule has 0 amide bonds. The Morgan fingerprint density at radius 2 is 2.08 bits per heavy atom. The van der Waals surface area contributed by atoms with Gasteiger partial charge in [-0.15, -0.1) is 35.3 Å². The number of thiazole rings is 1. The maximum absolute atomic E-state index is 5.23. The van der Waals surface area contributed by atoms with Crippen molar-refractivity contribution in [3.63, 3.8) is 0 Å². The van der Waals surface area contributed by atoms with Crippen molar-refractivity contribution >= 4 is 41.3 Å². The average molecular weight is 460 g/mol. The molecule has 0 fully saturated rings. The molecule has 1 aromatic heterocycles. The van der Waals surface area contributed by atoms with Gasteiger partial charge in [0.05, 0.1) is 17.8 Å². The summed E-state index contributed by atoms with van der Waals surface area (Å²) in [6.45, 7) is 5.67. The minimum atomic E-state index is 0. The number of nitrogens with one attached hydrogen (secondary N) is 2. The maximum Gasteiger partial charge on any atom is 0.191 e. The molecular weight excluding hydrogens is 435 g/mol. The molecule has 0 aliphatic rings. The second-order valence-corrected chi connectivity index (χ2v) is 6.49. The largest absolute Gasteiger partial charge is 0.497 e. The van der Waals surface area contributed by atoms with Crippen LogP contribution >= 0.6 is 35.3 Å². The molecule has 0 saturated carbocycles. The summed E-state index contributed by atoms with van der Waals surface area (Å²) >= 11 is 1.76. The molecule has 0 radical (unpaired) electrons. The number of aromatic nitrogens is 1. The third-order valence-electron chi connectivity index (χ3n) is 3.52. The Bertz CT molecular complexity index is 653. The highest BCUT2D eigenvalue weighted by Gasteiger charge is 2.04. The van der Waals surface area contributed by atoms with Crippen LogP contribution in [0.3, 0.4) is 0 Å². The fourth-order valence-electron chi connectivity index (χ4n) is 2.12. The molecule has 7 heteroatoms. The lowest BCUT2D eigenvalue weighted by Crippen LogP contribution is -2.37. The van der Waals surface area contributed by atoms with Crippen LogP contribution in [0, 0.1) is 13.8 Å². The van der Waals surface area contributed by atoms with Crippen molar-refractivity contribution in [1.29, 1.82) is 0 Å². The van der Waals surface area contributed by atoms with Gasteiger partial charge in [-0.2, -0.15) is 0 Å². The number of ether oxygens (including phenoxy) is 1. The van der Waals surface area contributed by atoms with Gasteiger partial charge >= 0.3 is 0 Å². The lowest BCUT2D eigenvalue weighted by atomic mass is 10.2. The maximum atomic E-state index is 5.23. The lowest BCUT2D eigenvalue weighted by molar-refractivity contribution is 0.414. The summed E-state index contributed by atoms with van der Waals surface area (Å²) < 4.78 is 5.23. The van der Waals surface area contributed by atoms with Gasteiger partial charge in [-0.25, -0.2) is 4.98 Å². The van der Waals surface area contributed by atoms with E-state index >= 15 is 0 Å². The molecule has 0 spiro atoms. The van der Waals surface area contributed by atoms with Crippen molar-refractivity contribution in [3.05, 3.63) is 45.4 Å². The van der Waals surface area contributed by atoms with Gasteiger partial charge in [-0.1, -0.05) is 12.1 Å². The van der Waals surface area contributed by atoms with Crippen LogP contribution in [0.2, 0.25) is 0 Å². The van der Waals surface area contributed by atoms with Gasteiger partial charge in [0.2, 0.25) is 0 Å². The van der Waals surface area contributed by atoms with Crippen LogP contribution in [-0.2, 0) is 13.0 Å². The van der Waals surface area contributed by atoms with Crippen LogP contribution in [-0.4, -0.2) is 31.6 Å².